The van der Waals surface area contributed by atoms with Gasteiger partial charge < -0.3 is 19.5 Å². The Morgan fingerprint density at radius 1 is 1.03 bits per heavy atom. The van der Waals surface area contributed by atoms with Crippen LogP contribution in [0.3, 0.4) is 0 Å². The number of sulfonamides is 1. The minimum Gasteiger partial charge on any atom is -0.497 e. The third-order valence-corrected chi connectivity index (χ3v) is 5.00. The van der Waals surface area contributed by atoms with Gasteiger partial charge >= 0.3 is 0 Å². The van der Waals surface area contributed by atoms with Crippen molar-refractivity contribution < 1.29 is 27.4 Å². The number of carbonyl (C=O) groups excluding carboxylic acids is 1. The Hall–Kier alpha value is -2.94. The predicted octanol–water partition coefficient (Wildman–Crippen LogP) is 2.06. The van der Waals surface area contributed by atoms with Gasteiger partial charge in [0.15, 0.2) is 0 Å². The lowest BCUT2D eigenvalue weighted by atomic mass is 10.3. The van der Waals surface area contributed by atoms with E-state index in [0.29, 0.717) is 23.8 Å². The third-order valence-electron chi connectivity index (χ3n) is 3.87. The van der Waals surface area contributed by atoms with E-state index in [1.165, 1.54) is 0 Å². The topological polar surface area (TPSA) is 94.2 Å². The minimum absolute atomic E-state index is 0.232. The molecule has 2 aromatic carbocycles. The first-order chi connectivity index (χ1) is 13.8. The highest BCUT2D eigenvalue weighted by atomic mass is 32.2. The summed E-state index contributed by atoms with van der Waals surface area (Å²) < 4.78 is 41.6. The van der Waals surface area contributed by atoms with Crippen molar-refractivity contribution in [3.05, 3.63) is 48.5 Å². The summed E-state index contributed by atoms with van der Waals surface area (Å²) >= 11 is 0. The molecular formula is C20H26N2O6S. The number of amides is 1. The average molecular weight is 423 g/mol. The zero-order valence-electron chi connectivity index (χ0n) is 16.8. The van der Waals surface area contributed by atoms with E-state index in [1.54, 1.807) is 62.6 Å². The fraction of sp³-hybridized carbons (Fsp3) is 0.350. The number of methoxy groups -OCH3 is 1. The predicted molar refractivity (Wildman–Crippen MR) is 111 cm³/mol. The number of hydrogen-bond donors (Lipinski definition) is 1. The van der Waals surface area contributed by atoms with E-state index >= 15 is 0 Å². The number of benzene rings is 2. The van der Waals surface area contributed by atoms with Gasteiger partial charge in [0.2, 0.25) is 15.9 Å². The van der Waals surface area contributed by atoms with Crippen LogP contribution in [0.4, 0.5) is 5.69 Å². The molecule has 8 nitrogen and oxygen atoms in total. The Morgan fingerprint density at radius 2 is 1.69 bits per heavy atom. The molecule has 0 bridgehead atoms. The van der Waals surface area contributed by atoms with E-state index in [-0.39, 0.29) is 19.7 Å². The highest BCUT2D eigenvalue weighted by Crippen LogP contribution is 2.29. The number of nitrogens with zero attached hydrogens (tertiary/aromatic N) is 1. The Kier molecular flexibility index (Phi) is 8.14. The van der Waals surface area contributed by atoms with Crippen molar-refractivity contribution in [3.8, 4) is 17.2 Å². The van der Waals surface area contributed by atoms with Crippen LogP contribution in [0.15, 0.2) is 48.5 Å². The summed E-state index contributed by atoms with van der Waals surface area (Å²) in [5.41, 5.74) is 0.321. The first-order valence-corrected chi connectivity index (χ1v) is 10.9. The number of rotatable bonds is 11. The summed E-state index contributed by atoms with van der Waals surface area (Å²) in [5, 5.41) is 2.66. The van der Waals surface area contributed by atoms with Gasteiger partial charge in [0, 0.05) is 0 Å². The lowest BCUT2D eigenvalue weighted by Gasteiger charge is -2.24. The van der Waals surface area contributed by atoms with Gasteiger partial charge in [-0.1, -0.05) is 12.1 Å². The molecule has 0 aliphatic carbocycles. The maximum Gasteiger partial charge on any atom is 0.240 e. The summed E-state index contributed by atoms with van der Waals surface area (Å²) in [6.07, 6.45) is 1.05. The maximum atomic E-state index is 12.3. The molecule has 0 aromatic heterocycles. The monoisotopic (exact) mass is 422 g/mol. The summed E-state index contributed by atoms with van der Waals surface area (Å²) in [6, 6.07) is 13.8. The number of hydrogen-bond acceptors (Lipinski definition) is 6. The Morgan fingerprint density at radius 3 is 2.31 bits per heavy atom. The second-order valence-corrected chi connectivity index (χ2v) is 7.95. The number of nitrogens with one attached hydrogen (secondary N) is 1. The molecule has 0 heterocycles. The van der Waals surface area contributed by atoms with Crippen LogP contribution in [0, 0.1) is 0 Å². The van der Waals surface area contributed by atoms with Crippen LogP contribution in [0.2, 0.25) is 0 Å². The molecule has 158 valence electrons. The Labute approximate surface area is 171 Å². The molecule has 0 spiro atoms. The molecule has 0 saturated heterocycles. The highest BCUT2D eigenvalue weighted by Gasteiger charge is 2.23. The van der Waals surface area contributed by atoms with E-state index in [9.17, 15) is 13.2 Å². The third kappa shape index (κ3) is 6.86. The van der Waals surface area contributed by atoms with Crippen LogP contribution >= 0.6 is 0 Å². The standard InChI is InChI=1S/C20H26N2O6S/c1-4-27-19-8-6-5-7-18(19)22(29(3,24)25)15-20(23)21-13-14-28-17-11-9-16(26-2)10-12-17/h5-12H,4,13-15H2,1-3H3,(H,21,23). The van der Waals surface area contributed by atoms with E-state index < -0.39 is 15.9 Å². The Bertz CT molecular complexity index is 899. The van der Waals surface area contributed by atoms with Crippen molar-refractivity contribution in [1.29, 1.82) is 0 Å². The van der Waals surface area contributed by atoms with Crippen molar-refractivity contribution in [2.24, 2.45) is 0 Å². The second kappa shape index (κ2) is 10.6. The van der Waals surface area contributed by atoms with Crippen LogP contribution in [-0.4, -0.2) is 54.0 Å². The zero-order valence-corrected chi connectivity index (χ0v) is 17.6. The van der Waals surface area contributed by atoms with Gasteiger partial charge in [-0.3, -0.25) is 9.10 Å². The van der Waals surface area contributed by atoms with Crippen LogP contribution in [0.5, 0.6) is 17.2 Å². The fourth-order valence-corrected chi connectivity index (χ4v) is 3.40. The smallest absolute Gasteiger partial charge is 0.240 e. The molecule has 0 saturated carbocycles. The molecule has 1 N–H and O–H groups in total. The second-order valence-electron chi connectivity index (χ2n) is 6.04. The van der Waals surface area contributed by atoms with Crippen molar-refractivity contribution in [2.75, 3.05) is 44.0 Å². The molecule has 0 atom stereocenters. The lowest BCUT2D eigenvalue weighted by Crippen LogP contribution is -2.41. The molecular weight excluding hydrogens is 396 g/mol. The van der Waals surface area contributed by atoms with Crippen molar-refractivity contribution in [3.63, 3.8) is 0 Å². The van der Waals surface area contributed by atoms with Crippen LogP contribution in [0.1, 0.15) is 6.92 Å². The molecule has 0 aliphatic heterocycles. The van der Waals surface area contributed by atoms with E-state index in [4.69, 9.17) is 14.2 Å². The van der Waals surface area contributed by atoms with Gasteiger partial charge in [-0.05, 0) is 43.3 Å². The zero-order chi connectivity index (χ0) is 21.3. The average Bonchev–Trinajstić information content (AvgIpc) is 2.70. The van der Waals surface area contributed by atoms with Gasteiger partial charge in [0.05, 0.1) is 32.2 Å². The minimum atomic E-state index is -3.68. The first-order valence-electron chi connectivity index (χ1n) is 9.08. The summed E-state index contributed by atoms with van der Waals surface area (Å²) in [5.74, 6) is 1.32. The van der Waals surface area contributed by atoms with Crippen molar-refractivity contribution in [1.82, 2.24) is 5.32 Å². The molecule has 0 radical (unpaired) electrons. The molecule has 0 fully saturated rings. The van der Waals surface area contributed by atoms with Crippen molar-refractivity contribution in [2.45, 2.75) is 6.92 Å². The molecule has 2 aromatic rings. The van der Waals surface area contributed by atoms with E-state index in [0.717, 1.165) is 16.3 Å². The van der Waals surface area contributed by atoms with Gasteiger partial charge in [-0.25, -0.2) is 8.42 Å². The summed E-state index contributed by atoms with van der Waals surface area (Å²) in [6.45, 7) is 2.30. The maximum absolute atomic E-state index is 12.3. The fourth-order valence-electron chi connectivity index (χ4n) is 2.54. The van der Waals surface area contributed by atoms with E-state index in [2.05, 4.69) is 5.32 Å². The number of carbonyl (C=O) groups is 1. The molecule has 0 aliphatic rings. The lowest BCUT2D eigenvalue weighted by molar-refractivity contribution is -0.119. The number of ether oxygens (including phenoxy) is 3. The molecule has 0 unspecified atom stereocenters. The largest absolute Gasteiger partial charge is 0.497 e. The summed E-state index contributed by atoms with van der Waals surface area (Å²) in [7, 11) is -2.10. The van der Waals surface area contributed by atoms with Gasteiger partial charge in [0.25, 0.3) is 0 Å². The molecule has 9 heteroatoms. The molecule has 1 amide bonds. The Balaban J connectivity index is 1.93. The van der Waals surface area contributed by atoms with Crippen LogP contribution < -0.4 is 23.8 Å². The normalized spacial score (nSPS) is 10.9. The quantitative estimate of drug-likeness (QED) is 0.557. The van der Waals surface area contributed by atoms with Gasteiger partial charge in [-0.2, -0.15) is 0 Å². The number of anilines is 1. The van der Waals surface area contributed by atoms with Gasteiger partial charge in [-0.15, -0.1) is 0 Å². The molecule has 2 rings (SSSR count). The van der Waals surface area contributed by atoms with E-state index in [1.807, 2.05) is 0 Å². The molecule has 29 heavy (non-hydrogen) atoms. The first kappa shape index (κ1) is 22.4. The van der Waals surface area contributed by atoms with Crippen LogP contribution in [0.25, 0.3) is 0 Å². The van der Waals surface area contributed by atoms with Gasteiger partial charge in [0.1, 0.15) is 30.4 Å². The highest BCUT2D eigenvalue weighted by molar-refractivity contribution is 7.92. The van der Waals surface area contributed by atoms with Crippen molar-refractivity contribution >= 4 is 21.6 Å². The number of para-hydroxylation sites is 2. The SMILES string of the molecule is CCOc1ccccc1N(CC(=O)NCCOc1ccc(OC)cc1)S(C)(=O)=O. The summed E-state index contributed by atoms with van der Waals surface area (Å²) in [4.78, 5) is 12.3. The van der Waals surface area contributed by atoms with Crippen LogP contribution in [-0.2, 0) is 14.8 Å².